The van der Waals surface area contributed by atoms with Crippen LogP contribution < -0.4 is 15.4 Å². The molecular weight excluding hydrogens is 360 g/mol. The highest BCUT2D eigenvalue weighted by molar-refractivity contribution is 8.15. The fourth-order valence-electron chi connectivity index (χ4n) is 2.16. The fourth-order valence-corrected chi connectivity index (χ4v) is 3.23. The molecule has 2 amide bonds. The van der Waals surface area contributed by atoms with Gasteiger partial charge in [-0.3, -0.25) is 24.7 Å². The number of methoxy groups -OCH3 is 1. The molecule has 2 atom stereocenters. The van der Waals surface area contributed by atoms with Gasteiger partial charge in [0.25, 0.3) is 5.69 Å². The molecule has 1 aromatic rings. The van der Waals surface area contributed by atoms with Crippen LogP contribution in [0.1, 0.15) is 26.7 Å². The summed E-state index contributed by atoms with van der Waals surface area (Å²) in [5.41, 5.74) is 0.163. The second kappa shape index (κ2) is 8.65. The molecule has 0 radical (unpaired) electrons. The highest BCUT2D eigenvalue weighted by Gasteiger charge is 2.32. The van der Waals surface area contributed by atoms with Crippen molar-refractivity contribution in [3.05, 3.63) is 28.3 Å². The lowest BCUT2D eigenvalue weighted by Crippen LogP contribution is -2.28. The number of aliphatic imine (C=N–C) groups is 1. The number of ether oxygens (including phenoxy) is 1. The molecule has 1 heterocycles. The average molecular weight is 380 g/mol. The normalized spacial score (nSPS) is 19.1. The van der Waals surface area contributed by atoms with Gasteiger partial charge in [0.15, 0.2) is 5.17 Å². The first kappa shape index (κ1) is 19.7. The summed E-state index contributed by atoms with van der Waals surface area (Å²) in [6.45, 7) is 3.94. The number of benzene rings is 1. The van der Waals surface area contributed by atoms with E-state index in [9.17, 15) is 19.7 Å². The van der Waals surface area contributed by atoms with E-state index < -0.39 is 16.1 Å². The van der Waals surface area contributed by atoms with Gasteiger partial charge in [-0.1, -0.05) is 18.7 Å². The predicted molar refractivity (Wildman–Crippen MR) is 99.6 cm³/mol. The highest BCUT2D eigenvalue weighted by atomic mass is 32.2. The first-order valence-corrected chi connectivity index (χ1v) is 8.89. The van der Waals surface area contributed by atoms with Gasteiger partial charge in [-0.2, -0.15) is 0 Å². The van der Waals surface area contributed by atoms with Gasteiger partial charge >= 0.3 is 0 Å². The van der Waals surface area contributed by atoms with Gasteiger partial charge in [-0.15, -0.1) is 0 Å². The van der Waals surface area contributed by atoms with Gasteiger partial charge in [-0.25, -0.2) is 0 Å². The fraction of sp³-hybridized carbons (Fsp3) is 0.438. The third-order valence-electron chi connectivity index (χ3n) is 3.75. The molecule has 26 heavy (non-hydrogen) atoms. The zero-order valence-corrected chi connectivity index (χ0v) is 15.5. The summed E-state index contributed by atoms with van der Waals surface area (Å²) in [5, 5.41) is 16.1. The summed E-state index contributed by atoms with van der Waals surface area (Å²) in [7, 11) is 1.35. The van der Waals surface area contributed by atoms with Gasteiger partial charge in [0.1, 0.15) is 11.0 Å². The van der Waals surface area contributed by atoms with Crippen molar-refractivity contribution in [2.24, 2.45) is 4.99 Å². The Bertz CT molecular complexity index is 752. The summed E-state index contributed by atoms with van der Waals surface area (Å²) < 4.78 is 5.08. The van der Waals surface area contributed by atoms with Crippen LogP contribution in [0.3, 0.4) is 0 Å². The average Bonchev–Trinajstić information content (AvgIpc) is 2.93. The molecule has 10 heteroatoms. The lowest BCUT2D eigenvalue weighted by Gasteiger charge is -2.11. The number of nitrogens with zero attached hydrogens (tertiary/aromatic N) is 2. The van der Waals surface area contributed by atoms with Crippen molar-refractivity contribution >= 4 is 40.1 Å². The van der Waals surface area contributed by atoms with Crippen molar-refractivity contribution in [1.29, 1.82) is 0 Å². The zero-order valence-electron chi connectivity index (χ0n) is 14.6. The number of hydrogen-bond donors (Lipinski definition) is 2. The van der Waals surface area contributed by atoms with E-state index in [1.807, 2.05) is 13.8 Å². The third kappa shape index (κ3) is 4.94. The van der Waals surface area contributed by atoms with E-state index in [0.717, 1.165) is 6.42 Å². The molecule has 1 aromatic carbocycles. The number of amides is 2. The van der Waals surface area contributed by atoms with E-state index in [1.54, 1.807) is 0 Å². The summed E-state index contributed by atoms with van der Waals surface area (Å²) in [6, 6.07) is 3.98. The Kier molecular flexibility index (Phi) is 6.56. The van der Waals surface area contributed by atoms with Crippen LogP contribution in [-0.2, 0) is 9.59 Å². The topological polar surface area (TPSA) is 123 Å². The van der Waals surface area contributed by atoms with Gasteiger partial charge in [0, 0.05) is 18.5 Å². The number of non-ortho nitro benzene ring substituents is 1. The molecule has 1 saturated heterocycles. The van der Waals surface area contributed by atoms with Crippen molar-refractivity contribution in [2.75, 3.05) is 12.4 Å². The molecule has 0 bridgehead atoms. The number of nitrogens with one attached hydrogen (secondary N) is 2. The minimum Gasteiger partial charge on any atom is -0.494 e. The number of rotatable bonds is 7. The maximum Gasteiger partial charge on any atom is 0.273 e. The van der Waals surface area contributed by atoms with Gasteiger partial charge in [0.2, 0.25) is 11.8 Å². The van der Waals surface area contributed by atoms with E-state index >= 15 is 0 Å². The lowest BCUT2D eigenvalue weighted by molar-refractivity contribution is -0.384. The SMILES string of the molecule is CC[C@H](C)N=C1NC(=O)[C@H](CC(=O)Nc2ccc([N+](=O)[O-])cc2OC)S1. The summed E-state index contributed by atoms with van der Waals surface area (Å²) in [5.74, 6) is -0.479. The minimum absolute atomic E-state index is 0.0455. The Morgan fingerprint density at radius 2 is 2.27 bits per heavy atom. The summed E-state index contributed by atoms with van der Waals surface area (Å²) in [4.78, 5) is 38.9. The summed E-state index contributed by atoms with van der Waals surface area (Å²) in [6.07, 6.45) is 0.807. The minimum atomic E-state index is -0.568. The molecule has 140 valence electrons. The van der Waals surface area contributed by atoms with Gasteiger partial charge in [0.05, 0.1) is 23.8 Å². The Balaban J connectivity index is 2.02. The number of nitro groups is 1. The third-order valence-corrected chi connectivity index (χ3v) is 4.84. The number of amidine groups is 1. The van der Waals surface area contributed by atoms with Crippen LogP contribution in [0.2, 0.25) is 0 Å². The van der Waals surface area contributed by atoms with Crippen LogP contribution in [0.5, 0.6) is 5.75 Å². The Hall–Kier alpha value is -2.62. The largest absolute Gasteiger partial charge is 0.494 e. The number of hydrogen-bond acceptors (Lipinski definition) is 7. The molecule has 2 rings (SSSR count). The number of thioether (sulfide) groups is 1. The number of nitro benzene ring substituents is 1. The van der Waals surface area contributed by atoms with Crippen LogP contribution in [0.25, 0.3) is 0 Å². The van der Waals surface area contributed by atoms with Crippen molar-refractivity contribution < 1.29 is 19.2 Å². The Morgan fingerprint density at radius 3 is 2.88 bits per heavy atom. The smallest absolute Gasteiger partial charge is 0.273 e. The number of carbonyl (C=O) groups excluding carboxylic acids is 2. The molecule has 0 unspecified atom stereocenters. The van der Waals surface area contributed by atoms with E-state index in [2.05, 4.69) is 15.6 Å². The second-order valence-corrected chi connectivity index (χ2v) is 6.87. The van der Waals surface area contributed by atoms with Crippen molar-refractivity contribution in [3.63, 3.8) is 0 Å². The van der Waals surface area contributed by atoms with E-state index in [0.29, 0.717) is 10.9 Å². The van der Waals surface area contributed by atoms with Crippen molar-refractivity contribution in [3.8, 4) is 5.75 Å². The second-order valence-electron chi connectivity index (χ2n) is 5.68. The molecule has 0 saturated carbocycles. The van der Waals surface area contributed by atoms with Crippen LogP contribution in [-0.4, -0.2) is 40.3 Å². The standard InChI is InChI=1S/C16H20N4O5S/c1-4-9(2)17-16-19-15(22)13(26-16)8-14(21)18-11-6-5-10(20(23)24)7-12(11)25-3/h5-7,9,13H,4,8H2,1-3H3,(H,18,21)(H,17,19,22)/t9-,13-/m0/s1. The van der Waals surface area contributed by atoms with Crippen molar-refractivity contribution in [2.45, 2.75) is 38.0 Å². The highest BCUT2D eigenvalue weighted by Crippen LogP contribution is 2.30. The molecule has 2 N–H and O–H groups in total. The molecule has 9 nitrogen and oxygen atoms in total. The van der Waals surface area contributed by atoms with Crippen LogP contribution in [0.15, 0.2) is 23.2 Å². The monoisotopic (exact) mass is 380 g/mol. The summed E-state index contributed by atoms with van der Waals surface area (Å²) >= 11 is 1.23. The first-order chi connectivity index (χ1) is 12.3. The van der Waals surface area contributed by atoms with E-state index in [-0.39, 0.29) is 29.8 Å². The molecule has 1 fully saturated rings. The molecule has 1 aliphatic heterocycles. The van der Waals surface area contributed by atoms with Crippen molar-refractivity contribution in [1.82, 2.24) is 5.32 Å². The maximum atomic E-state index is 12.3. The molecular formula is C16H20N4O5S. The predicted octanol–water partition coefficient (Wildman–Crippen LogP) is 2.32. The quantitative estimate of drug-likeness (QED) is 0.553. The molecule has 0 spiro atoms. The van der Waals surface area contributed by atoms with E-state index in [4.69, 9.17) is 4.74 Å². The van der Waals surface area contributed by atoms with Crippen LogP contribution in [0.4, 0.5) is 11.4 Å². The van der Waals surface area contributed by atoms with Gasteiger partial charge in [-0.05, 0) is 19.4 Å². The molecule has 1 aliphatic rings. The number of carbonyl (C=O) groups is 2. The molecule has 0 aliphatic carbocycles. The van der Waals surface area contributed by atoms with E-state index in [1.165, 1.54) is 37.1 Å². The maximum absolute atomic E-state index is 12.3. The van der Waals surface area contributed by atoms with Crippen LogP contribution >= 0.6 is 11.8 Å². The number of anilines is 1. The zero-order chi connectivity index (χ0) is 19.3. The van der Waals surface area contributed by atoms with Gasteiger partial charge < -0.3 is 15.4 Å². The Morgan fingerprint density at radius 1 is 1.54 bits per heavy atom. The first-order valence-electron chi connectivity index (χ1n) is 8.01. The lowest BCUT2D eigenvalue weighted by atomic mass is 10.2. The Labute approximate surface area is 154 Å². The van der Waals surface area contributed by atoms with Crippen LogP contribution in [0, 0.1) is 10.1 Å². The molecule has 0 aromatic heterocycles.